The molecule has 0 N–H and O–H groups in total. The van der Waals surface area contributed by atoms with Gasteiger partial charge in [-0.25, -0.2) is 0 Å². The summed E-state index contributed by atoms with van der Waals surface area (Å²) in [5.41, 5.74) is 0.977. The molecule has 0 saturated carbocycles. The van der Waals surface area contributed by atoms with Crippen LogP contribution in [0.5, 0.6) is 0 Å². The average molecular weight is 288 g/mol. The number of rotatable bonds is 5. The van der Waals surface area contributed by atoms with Gasteiger partial charge in [0.1, 0.15) is 11.3 Å². The van der Waals surface area contributed by atoms with Gasteiger partial charge >= 0.3 is 0 Å². The first-order chi connectivity index (χ1) is 10.2. The van der Waals surface area contributed by atoms with E-state index in [0.717, 1.165) is 50.5 Å². The zero-order valence-electron chi connectivity index (χ0n) is 12.9. The summed E-state index contributed by atoms with van der Waals surface area (Å²) in [5.74, 6) is 1.05. The van der Waals surface area contributed by atoms with Crippen LogP contribution in [0.15, 0.2) is 34.7 Å². The Labute approximate surface area is 126 Å². The first-order valence-corrected chi connectivity index (χ1v) is 7.67. The van der Waals surface area contributed by atoms with E-state index in [1.807, 2.05) is 18.2 Å². The zero-order valence-corrected chi connectivity index (χ0v) is 12.9. The van der Waals surface area contributed by atoms with Crippen molar-refractivity contribution < 1.29 is 9.15 Å². The Kier molecular flexibility index (Phi) is 4.58. The molecule has 0 bridgehead atoms. The molecule has 1 atom stereocenters. The third kappa shape index (κ3) is 3.84. The van der Waals surface area contributed by atoms with E-state index in [4.69, 9.17) is 9.15 Å². The van der Waals surface area contributed by atoms with E-state index in [-0.39, 0.29) is 0 Å². The van der Waals surface area contributed by atoms with E-state index in [9.17, 15) is 0 Å². The highest BCUT2D eigenvalue weighted by atomic mass is 16.5. The number of furan rings is 1. The Morgan fingerprint density at radius 2 is 2.14 bits per heavy atom. The summed E-state index contributed by atoms with van der Waals surface area (Å²) in [6.07, 6.45) is 1.43. The van der Waals surface area contributed by atoms with Crippen LogP contribution in [0.3, 0.4) is 0 Å². The van der Waals surface area contributed by atoms with Crippen molar-refractivity contribution in [2.45, 2.75) is 19.1 Å². The maximum absolute atomic E-state index is 5.91. The fourth-order valence-corrected chi connectivity index (χ4v) is 2.84. The van der Waals surface area contributed by atoms with Crippen molar-refractivity contribution in [3.05, 3.63) is 36.1 Å². The third-order valence-electron chi connectivity index (χ3n) is 3.98. The predicted octanol–water partition coefficient (Wildman–Crippen LogP) is 2.59. The van der Waals surface area contributed by atoms with Crippen LogP contribution in [0.2, 0.25) is 0 Å². The maximum atomic E-state index is 5.91. The molecule has 0 amide bonds. The highest BCUT2D eigenvalue weighted by Crippen LogP contribution is 2.21. The molecule has 2 aromatic rings. The van der Waals surface area contributed by atoms with E-state index in [2.05, 4.69) is 36.0 Å². The Balaban J connectivity index is 1.59. The van der Waals surface area contributed by atoms with Gasteiger partial charge in [0.25, 0.3) is 0 Å². The van der Waals surface area contributed by atoms with Crippen molar-refractivity contribution in [1.82, 2.24) is 9.80 Å². The standard InChI is InChI=1S/C17H24N2O2/c1-18(2)8-7-15-12-19(9-10-20-15)13-16-11-14-5-3-4-6-17(14)21-16/h3-6,11,15H,7-10,12-13H2,1-2H3. The van der Waals surface area contributed by atoms with Crippen LogP contribution in [-0.2, 0) is 11.3 Å². The Bertz CT molecular complexity index is 546. The fourth-order valence-electron chi connectivity index (χ4n) is 2.84. The van der Waals surface area contributed by atoms with Crippen molar-refractivity contribution in [3.8, 4) is 0 Å². The monoisotopic (exact) mass is 288 g/mol. The van der Waals surface area contributed by atoms with Gasteiger partial charge in [-0.1, -0.05) is 18.2 Å². The van der Waals surface area contributed by atoms with Crippen molar-refractivity contribution in [2.24, 2.45) is 0 Å². The van der Waals surface area contributed by atoms with Gasteiger partial charge in [-0.15, -0.1) is 0 Å². The molecule has 3 rings (SSSR count). The zero-order chi connectivity index (χ0) is 14.7. The lowest BCUT2D eigenvalue weighted by atomic mass is 10.2. The van der Waals surface area contributed by atoms with Crippen LogP contribution in [-0.4, -0.2) is 56.2 Å². The minimum Gasteiger partial charge on any atom is -0.460 e. The van der Waals surface area contributed by atoms with E-state index in [1.54, 1.807) is 0 Å². The van der Waals surface area contributed by atoms with Gasteiger partial charge in [-0.3, -0.25) is 4.90 Å². The summed E-state index contributed by atoms with van der Waals surface area (Å²) in [6, 6.07) is 10.3. The normalized spacial score (nSPS) is 20.4. The minimum absolute atomic E-state index is 0.338. The summed E-state index contributed by atoms with van der Waals surface area (Å²) in [4.78, 5) is 4.64. The number of morpholine rings is 1. The highest BCUT2D eigenvalue weighted by Gasteiger charge is 2.21. The number of ether oxygens (including phenoxy) is 1. The average Bonchev–Trinajstić information content (AvgIpc) is 2.87. The van der Waals surface area contributed by atoms with Gasteiger partial charge in [-0.05, 0) is 32.6 Å². The Morgan fingerprint density at radius 1 is 1.29 bits per heavy atom. The van der Waals surface area contributed by atoms with Crippen LogP contribution in [0.1, 0.15) is 12.2 Å². The number of hydrogen-bond donors (Lipinski definition) is 0. The largest absolute Gasteiger partial charge is 0.460 e. The SMILES string of the molecule is CN(C)CCC1CN(Cc2cc3ccccc3o2)CCO1. The van der Waals surface area contributed by atoms with Crippen molar-refractivity contribution in [2.75, 3.05) is 40.3 Å². The van der Waals surface area contributed by atoms with Gasteiger partial charge in [0, 0.05) is 25.0 Å². The summed E-state index contributed by atoms with van der Waals surface area (Å²) in [5, 5.41) is 1.19. The molecule has 114 valence electrons. The number of para-hydroxylation sites is 1. The molecule has 1 aliphatic heterocycles. The van der Waals surface area contributed by atoms with Crippen LogP contribution in [0, 0.1) is 0 Å². The van der Waals surface area contributed by atoms with Crippen molar-refractivity contribution >= 4 is 11.0 Å². The van der Waals surface area contributed by atoms with E-state index in [0.29, 0.717) is 6.10 Å². The molecule has 1 aliphatic rings. The van der Waals surface area contributed by atoms with E-state index < -0.39 is 0 Å². The summed E-state index contributed by atoms with van der Waals surface area (Å²) in [6.45, 7) is 4.73. The molecule has 0 radical (unpaired) electrons. The lowest BCUT2D eigenvalue weighted by Gasteiger charge is -2.32. The first-order valence-electron chi connectivity index (χ1n) is 7.67. The third-order valence-corrected chi connectivity index (χ3v) is 3.98. The highest BCUT2D eigenvalue weighted by molar-refractivity contribution is 5.77. The smallest absolute Gasteiger partial charge is 0.134 e. The molecular formula is C17H24N2O2. The molecule has 2 heterocycles. The summed E-state index contributed by atoms with van der Waals surface area (Å²) in [7, 11) is 4.21. The molecule has 1 saturated heterocycles. The lowest BCUT2D eigenvalue weighted by molar-refractivity contribution is -0.0385. The number of hydrogen-bond acceptors (Lipinski definition) is 4. The number of nitrogens with zero attached hydrogens (tertiary/aromatic N) is 2. The number of fused-ring (bicyclic) bond motifs is 1. The Hall–Kier alpha value is -1.36. The second kappa shape index (κ2) is 6.60. The van der Waals surface area contributed by atoms with Gasteiger partial charge in [0.15, 0.2) is 0 Å². The van der Waals surface area contributed by atoms with Crippen molar-refractivity contribution in [1.29, 1.82) is 0 Å². The van der Waals surface area contributed by atoms with Gasteiger partial charge in [-0.2, -0.15) is 0 Å². The minimum atomic E-state index is 0.338. The van der Waals surface area contributed by atoms with Gasteiger partial charge < -0.3 is 14.1 Å². The lowest BCUT2D eigenvalue weighted by Crippen LogP contribution is -2.42. The van der Waals surface area contributed by atoms with Crippen LogP contribution in [0.4, 0.5) is 0 Å². The van der Waals surface area contributed by atoms with Gasteiger partial charge in [0.05, 0.1) is 19.3 Å². The molecule has 4 heteroatoms. The summed E-state index contributed by atoms with van der Waals surface area (Å²) >= 11 is 0. The molecule has 4 nitrogen and oxygen atoms in total. The van der Waals surface area contributed by atoms with E-state index in [1.165, 1.54) is 5.39 Å². The van der Waals surface area contributed by atoms with Crippen LogP contribution in [0.25, 0.3) is 11.0 Å². The van der Waals surface area contributed by atoms with Gasteiger partial charge in [0.2, 0.25) is 0 Å². The van der Waals surface area contributed by atoms with Crippen LogP contribution >= 0.6 is 0 Å². The molecule has 0 spiro atoms. The fraction of sp³-hybridized carbons (Fsp3) is 0.529. The van der Waals surface area contributed by atoms with Crippen LogP contribution < -0.4 is 0 Å². The predicted molar refractivity (Wildman–Crippen MR) is 84.4 cm³/mol. The summed E-state index contributed by atoms with van der Waals surface area (Å²) < 4.78 is 11.8. The molecule has 21 heavy (non-hydrogen) atoms. The quantitative estimate of drug-likeness (QED) is 0.845. The second-order valence-electron chi connectivity index (χ2n) is 6.07. The molecule has 0 aliphatic carbocycles. The first kappa shape index (κ1) is 14.6. The topological polar surface area (TPSA) is 28.9 Å². The number of benzene rings is 1. The molecular weight excluding hydrogens is 264 g/mol. The Morgan fingerprint density at radius 3 is 2.95 bits per heavy atom. The molecule has 1 aromatic heterocycles. The molecule has 1 unspecified atom stereocenters. The van der Waals surface area contributed by atoms with E-state index >= 15 is 0 Å². The maximum Gasteiger partial charge on any atom is 0.134 e. The van der Waals surface area contributed by atoms with Crippen molar-refractivity contribution in [3.63, 3.8) is 0 Å². The molecule has 1 aromatic carbocycles. The second-order valence-corrected chi connectivity index (χ2v) is 6.07. The molecule has 1 fully saturated rings.